The molecule has 124 valence electrons. The second-order valence-corrected chi connectivity index (χ2v) is 4.64. The number of aryl methyl sites for hydroxylation is 1. The minimum Gasteiger partial charge on any atom is -0.492 e. The molecule has 0 fully saturated rings. The Balaban J connectivity index is 2.38. The molecule has 0 unspecified atom stereocenters. The van der Waals surface area contributed by atoms with Crippen LogP contribution in [0.5, 0.6) is 5.75 Å². The molecule has 1 aromatic carbocycles. The molecule has 0 saturated heterocycles. The quantitative estimate of drug-likeness (QED) is 0.878. The summed E-state index contributed by atoms with van der Waals surface area (Å²) < 4.78 is 44.1. The number of halogens is 3. The van der Waals surface area contributed by atoms with Gasteiger partial charge in [0, 0.05) is 31.0 Å². The Morgan fingerprint density at radius 1 is 1.39 bits per heavy atom. The number of hydrogen-bond donors (Lipinski definition) is 2. The van der Waals surface area contributed by atoms with Crippen molar-refractivity contribution in [2.45, 2.75) is 6.18 Å². The summed E-state index contributed by atoms with van der Waals surface area (Å²) >= 11 is 0. The topological polar surface area (TPSA) is 82.2 Å². The number of amides is 1. The normalized spacial score (nSPS) is 11.3. The van der Waals surface area contributed by atoms with Gasteiger partial charge in [-0.2, -0.15) is 18.3 Å². The first-order valence-corrected chi connectivity index (χ1v) is 6.66. The number of anilines is 1. The van der Waals surface area contributed by atoms with Gasteiger partial charge in [0.05, 0.1) is 5.69 Å². The van der Waals surface area contributed by atoms with Crippen LogP contribution in [0.3, 0.4) is 0 Å². The van der Waals surface area contributed by atoms with Gasteiger partial charge in [0.1, 0.15) is 12.4 Å². The predicted molar refractivity (Wildman–Crippen MR) is 77.9 cm³/mol. The van der Waals surface area contributed by atoms with Gasteiger partial charge in [-0.25, -0.2) is 0 Å². The lowest BCUT2D eigenvalue weighted by atomic mass is 10.1. The van der Waals surface area contributed by atoms with Gasteiger partial charge in [0.15, 0.2) is 0 Å². The van der Waals surface area contributed by atoms with E-state index < -0.39 is 12.1 Å². The summed E-state index contributed by atoms with van der Waals surface area (Å²) in [6, 6.07) is 5.88. The minimum absolute atomic E-state index is 0.00336. The van der Waals surface area contributed by atoms with E-state index in [1.165, 1.54) is 18.2 Å². The third-order valence-electron chi connectivity index (χ3n) is 2.97. The Hall–Kier alpha value is -2.55. The number of nitrogens with two attached hydrogens (primary N) is 1. The van der Waals surface area contributed by atoms with E-state index >= 15 is 0 Å². The fourth-order valence-corrected chi connectivity index (χ4v) is 1.94. The van der Waals surface area contributed by atoms with E-state index in [4.69, 9.17) is 10.5 Å². The van der Waals surface area contributed by atoms with Gasteiger partial charge in [-0.1, -0.05) is 0 Å². The number of nitrogens with zero attached hydrogens (tertiary/aromatic N) is 2. The summed E-state index contributed by atoms with van der Waals surface area (Å²) in [4.78, 5) is 11.1. The molecule has 2 rings (SSSR count). The van der Waals surface area contributed by atoms with Crippen LogP contribution in [0.15, 0.2) is 30.5 Å². The first-order chi connectivity index (χ1) is 10.8. The lowest BCUT2D eigenvalue weighted by Gasteiger charge is -2.14. The molecule has 3 N–H and O–H groups in total. The summed E-state index contributed by atoms with van der Waals surface area (Å²) in [5.41, 5.74) is 6.52. The molecule has 0 aliphatic rings. The number of benzene rings is 1. The number of carbonyl (C=O) groups is 1. The second kappa shape index (κ2) is 6.69. The van der Waals surface area contributed by atoms with Crippen molar-refractivity contribution in [3.63, 3.8) is 0 Å². The average molecular weight is 328 g/mol. The molecule has 1 amide bonds. The van der Waals surface area contributed by atoms with Crippen LogP contribution in [-0.4, -0.2) is 35.0 Å². The van der Waals surface area contributed by atoms with E-state index in [-0.39, 0.29) is 18.8 Å². The first kappa shape index (κ1) is 16.8. The summed E-state index contributed by atoms with van der Waals surface area (Å²) in [5.74, 6) is -1.60. The lowest BCUT2D eigenvalue weighted by Crippen LogP contribution is -2.29. The Kier molecular flexibility index (Phi) is 4.89. The number of ether oxygens (including phenoxy) is 1. The van der Waals surface area contributed by atoms with Crippen molar-refractivity contribution in [2.24, 2.45) is 12.8 Å². The van der Waals surface area contributed by atoms with Crippen molar-refractivity contribution in [1.82, 2.24) is 9.78 Å². The lowest BCUT2D eigenvalue weighted by molar-refractivity contribution is -0.167. The van der Waals surface area contributed by atoms with Crippen LogP contribution in [0.1, 0.15) is 0 Å². The Bertz CT molecular complexity index is 698. The van der Waals surface area contributed by atoms with Crippen molar-refractivity contribution >= 4 is 11.6 Å². The van der Waals surface area contributed by atoms with Crippen molar-refractivity contribution in [3.8, 4) is 17.0 Å². The van der Waals surface area contributed by atoms with E-state index in [0.29, 0.717) is 17.0 Å². The van der Waals surface area contributed by atoms with Crippen LogP contribution < -0.4 is 15.8 Å². The highest BCUT2D eigenvalue weighted by Crippen LogP contribution is 2.33. The molecule has 0 saturated carbocycles. The summed E-state index contributed by atoms with van der Waals surface area (Å²) in [7, 11) is 1.68. The molecule has 0 aliphatic carbocycles. The average Bonchev–Trinajstić information content (AvgIpc) is 2.90. The summed E-state index contributed by atoms with van der Waals surface area (Å²) in [6.45, 7) is 0.538. The maximum Gasteiger partial charge on any atom is 0.471 e. The van der Waals surface area contributed by atoms with E-state index in [1.54, 1.807) is 24.0 Å². The molecule has 0 bridgehead atoms. The van der Waals surface area contributed by atoms with E-state index in [2.05, 4.69) is 5.10 Å². The van der Waals surface area contributed by atoms with E-state index in [0.717, 1.165) is 0 Å². The van der Waals surface area contributed by atoms with Crippen LogP contribution in [0.4, 0.5) is 18.9 Å². The molecular weight excluding hydrogens is 313 g/mol. The molecule has 23 heavy (non-hydrogen) atoms. The van der Waals surface area contributed by atoms with Crippen LogP contribution in [0.25, 0.3) is 11.3 Å². The number of carbonyl (C=O) groups excluding carboxylic acids is 1. The van der Waals surface area contributed by atoms with Crippen LogP contribution >= 0.6 is 0 Å². The molecular formula is C14H15F3N4O2. The highest BCUT2D eigenvalue weighted by atomic mass is 19.4. The molecule has 0 aliphatic heterocycles. The van der Waals surface area contributed by atoms with Crippen LogP contribution in [0.2, 0.25) is 0 Å². The number of alkyl halides is 3. The zero-order valence-corrected chi connectivity index (χ0v) is 12.2. The SMILES string of the molecule is Cn1nccc1-c1cc(NC(=O)C(F)(F)F)ccc1OCCN. The van der Waals surface area contributed by atoms with Gasteiger partial charge in [-0.15, -0.1) is 0 Å². The molecule has 2 aromatic rings. The predicted octanol–water partition coefficient (Wildman–Crippen LogP) is 1.93. The summed E-state index contributed by atoms with van der Waals surface area (Å²) in [5, 5.41) is 5.83. The zero-order chi connectivity index (χ0) is 17.0. The molecule has 1 aromatic heterocycles. The highest BCUT2D eigenvalue weighted by molar-refractivity contribution is 5.95. The van der Waals surface area contributed by atoms with E-state index in [1.807, 2.05) is 5.32 Å². The summed E-state index contributed by atoms with van der Waals surface area (Å²) in [6.07, 6.45) is -3.41. The van der Waals surface area contributed by atoms with Gasteiger partial charge < -0.3 is 15.8 Å². The third kappa shape index (κ3) is 4.01. The standard InChI is InChI=1S/C14H15F3N4O2/c1-21-11(4-6-19-21)10-8-9(20-13(22)14(15,16)17)2-3-12(10)23-7-5-18/h2-4,6,8H,5,7,18H2,1H3,(H,20,22). The smallest absolute Gasteiger partial charge is 0.471 e. The largest absolute Gasteiger partial charge is 0.492 e. The van der Waals surface area contributed by atoms with Crippen molar-refractivity contribution in [2.75, 3.05) is 18.5 Å². The van der Waals surface area contributed by atoms with Crippen LogP contribution in [-0.2, 0) is 11.8 Å². The van der Waals surface area contributed by atoms with Crippen molar-refractivity contribution in [3.05, 3.63) is 30.5 Å². The molecule has 6 nitrogen and oxygen atoms in total. The number of nitrogens with one attached hydrogen (secondary N) is 1. The molecule has 0 atom stereocenters. The molecule has 0 spiro atoms. The first-order valence-electron chi connectivity index (χ1n) is 6.66. The Labute approximate surface area is 130 Å². The van der Waals surface area contributed by atoms with E-state index in [9.17, 15) is 18.0 Å². The van der Waals surface area contributed by atoms with Gasteiger partial charge in [0.2, 0.25) is 0 Å². The number of rotatable bonds is 5. The monoisotopic (exact) mass is 328 g/mol. The van der Waals surface area contributed by atoms with Gasteiger partial charge in [0.25, 0.3) is 0 Å². The fourth-order valence-electron chi connectivity index (χ4n) is 1.94. The maximum absolute atomic E-state index is 12.4. The van der Waals surface area contributed by atoms with Gasteiger partial charge in [-0.05, 0) is 24.3 Å². The molecule has 9 heteroatoms. The fraction of sp³-hybridized carbons (Fsp3) is 0.286. The van der Waals surface area contributed by atoms with Crippen molar-refractivity contribution in [1.29, 1.82) is 0 Å². The van der Waals surface area contributed by atoms with Crippen molar-refractivity contribution < 1.29 is 22.7 Å². The molecule has 0 radical (unpaired) electrons. The maximum atomic E-state index is 12.4. The second-order valence-electron chi connectivity index (χ2n) is 4.64. The number of aromatic nitrogens is 2. The molecule has 1 heterocycles. The van der Waals surface area contributed by atoms with Crippen LogP contribution in [0, 0.1) is 0 Å². The van der Waals surface area contributed by atoms with Gasteiger partial charge in [-0.3, -0.25) is 9.48 Å². The number of hydrogen-bond acceptors (Lipinski definition) is 4. The third-order valence-corrected chi connectivity index (χ3v) is 2.97. The zero-order valence-electron chi connectivity index (χ0n) is 12.2. The van der Waals surface area contributed by atoms with Gasteiger partial charge >= 0.3 is 12.1 Å². The Morgan fingerprint density at radius 3 is 2.70 bits per heavy atom. The Morgan fingerprint density at radius 2 is 2.13 bits per heavy atom. The minimum atomic E-state index is -4.96. The highest BCUT2D eigenvalue weighted by Gasteiger charge is 2.38.